The molecule has 0 aliphatic rings. The lowest BCUT2D eigenvalue weighted by atomic mass is 10.2. The quantitative estimate of drug-likeness (QED) is 0.892. The molecular weight excluding hydrogens is 252 g/mol. The van der Waals surface area contributed by atoms with Gasteiger partial charge in [-0.3, -0.25) is 0 Å². The number of rotatable bonds is 5. The Balaban J connectivity index is 2.24. The highest BCUT2D eigenvalue weighted by molar-refractivity contribution is 5.44. The molecule has 6 nitrogen and oxygen atoms in total. The SMILES string of the molecule is CNc1nc(N(C)C)nc(N(C)Cc2ccccc2)n1. The van der Waals surface area contributed by atoms with Gasteiger partial charge in [0.05, 0.1) is 0 Å². The highest BCUT2D eigenvalue weighted by atomic mass is 15.3. The Morgan fingerprint density at radius 1 is 0.950 bits per heavy atom. The Morgan fingerprint density at radius 3 is 2.20 bits per heavy atom. The van der Waals surface area contributed by atoms with Crippen LogP contribution in [0, 0.1) is 0 Å². The molecule has 0 amide bonds. The van der Waals surface area contributed by atoms with Gasteiger partial charge in [-0.1, -0.05) is 30.3 Å². The third-order valence-corrected chi connectivity index (χ3v) is 2.84. The van der Waals surface area contributed by atoms with Gasteiger partial charge in [0.1, 0.15) is 0 Å². The average molecular weight is 272 g/mol. The van der Waals surface area contributed by atoms with Gasteiger partial charge < -0.3 is 15.1 Å². The van der Waals surface area contributed by atoms with Crippen molar-refractivity contribution >= 4 is 17.8 Å². The molecule has 6 heteroatoms. The Kier molecular flexibility index (Phi) is 4.34. The molecule has 1 N–H and O–H groups in total. The minimum atomic E-state index is 0.568. The first-order valence-corrected chi connectivity index (χ1v) is 6.46. The summed E-state index contributed by atoms with van der Waals surface area (Å²) in [7, 11) is 7.60. The molecule has 0 saturated heterocycles. The van der Waals surface area contributed by atoms with E-state index in [4.69, 9.17) is 0 Å². The van der Waals surface area contributed by atoms with E-state index >= 15 is 0 Å². The lowest BCUT2D eigenvalue weighted by molar-refractivity contribution is 0.844. The highest BCUT2D eigenvalue weighted by Gasteiger charge is 2.11. The summed E-state index contributed by atoms with van der Waals surface area (Å²) in [6.45, 7) is 0.751. The van der Waals surface area contributed by atoms with E-state index in [1.165, 1.54) is 5.56 Å². The van der Waals surface area contributed by atoms with Gasteiger partial charge >= 0.3 is 0 Å². The monoisotopic (exact) mass is 272 g/mol. The summed E-state index contributed by atoms with van der Waals surface area (Å²) in [6.07, 6.45) is 0. The molecule has 2 rings (SSSR count). The Bertz CT molecular complexity index is 555. The summed E-state index contributed by atoms with van der Waals surface area (Å²) >= 11 is 0. The topological polar surface area (TPSA) is 57.2 Å². The van der Waals surface area contributed by atoms with E-state index in [0.29, 0.717) is 17.8 Å². The van der Waals surface area contributed by atoms with E-state index in [9.17, 15) is 0 Å². The number of nitrogens with zero attached hydrogens (tertiary/aromatic N) is 5. The van der Waals surface area contributed by atoms with Crippen LogP contribution in [0.1, 0.15) is 5.56 Å². The Labute approximate surface area is 119 Å². The number of aromatic nitrogens is 3. The lowest BCUT2D eigenvalue weighted by Crippen LogP contribution is -2.22. The average Bonchev–Trinajstić information content (AvgIpc) is 2.47. The van der Waals surface area contributed by atoms with Gasteiger partial charge in [-0.2, -0.15) is 15.0 Å². The second-order valence-corrected chi connectivity index (χ2v) is 4.75. The van der Waals surface area contributed by atoms with Gasteiger partial charge in [-0.15, -0.1) is 0 Å². The summed E-state index contributed by atoms with van der Waals surface area (Å²) < 4.78 is 0. The van der Waals surface area contributed by atoms with E-state index in [2.05, 4.69) is 32.4 Å². The zero-order chi connectivity index (χ0) is 14.5. The highest BCUT2D eigenvalue weighted by Crippen LogP contribution is 2.15. The van der Waals surface area contributed by atoms with Crippen LogP contribution in [0.25, 0.3) is 0 Å². The normalized spacial score (nSPS) is 10.2. The van der Waals surface area contributed by atoms with Crippen LogP contribution in [0.3, 0.4) is 0 Å². The van der Waals surface area contributed by atoms with Gasteiger partial charge in [0.15, 0.2) is 0 Å². The summed E-state index contributed by atoms with van der Waals surface area (Å²) in [4.78, 5) is 17.0. The van der Waals surface area contributed by atoms with Gasteiger partial charge in [0.2, 0.25) is 17.8 Å². The van der Waals surface area contributed by atoms with Crippen LogP contribution in [0.2, 0.25) is 0 Å². The van der Waals surface area contributed by atoms with Crippen LogP contribution < -0.4 is 15.1 Å². The fourth-order valence-corrected chi connectivity index (χ4v) is 1.76. The standard InChI is InChI=1S/C14H20N6/c1-15-12-16-13(19(2)3)18-14(17-12)20(4)10-11-8-6-5-7-9-11/h5-9H,10H2,1-4H3,(H,15,16,17,18). The number of hydrogen-bond acceptors (Lipinski definition) is 6. The second-order valence-electron chi connectivity index (χ2n) is 4.75. The molecule has 0 spiro atoms. The summed E-state index contributed by atoms with van der Waals surface area (Å²) in [5, 5.41) is 2.97. The molecule has 0 aliphatic carbocycles. The summed E-state index contributed by atoms with van der Waals surface area (Å²) in [5.74, 6) is 1.86. The fourth-order valence-electron chi connectivity index (χ4n) is 1.76. The minimum Gasteiger partial charge on any atom is -0.357 e. The molecule has 0 aliphatic heterocycles. The largest absolute Gasteiger partial charge is 0.357 e. The number of nitrogens with one attached hydrogen (secondary N) is 1. The third kappa shape index (κ3) is 3.34. The Hall–Kier alpha value is -2.37. The molecule has 1 aromatic heterocycles. The smallest absolute Gasteiger partial charge is 0.232 e. The van der Waals surface area contributed by atoms with Crippen molar-refractivity contribution in [3.63, 3.8) is 0 Å². The first-order valence-electron chi connectivity index (χ1n) is 6.46. The molecule has 20 heavy (non-hydrogen) atoms. The van der Waals surface area contributed by atoms with Crippen LogP contribution >= 0.6 is 0 Å². The van der Waals surface area contributed by atoms with E-state index in [1.807, 2.05) is 49.1 Å². The zero-order valence-corrected chi connectivity index (χ0v) is 12.3. The number of hydrogen-bond donors (Lipinski definition) is 1. The molecule has 0 bridgehead atoms. The lowest BCUT2D eigenvalue weighted by Gasteiger charge is -2.19. The van der Waals surface area contributed by atoms with Crippen LogP contribution in [-0.2, 0) is 6.54 Å². The van der Waals surface area contributed by atoms with Crippen molar-refractivity contribution in [1.82, 2.24) is 15.0 Å². The van der Waals surface area contributed by atoms with Crippen molar-refractivity contribution < 1.29 is 0 Å². The molecule has 2 aromatic rings. The van der Waals surface area contributed by atoms with Gasteiger partial charge in [-0.05, 0) is 5.56 Å². The molecule has 0 radical (unpaired) electrons. The number of anilines is 3. The number of benzene rings is 1. The predicted octanol–water partition coefficient (Wildman–Crippen LogP) is 1.62. The molecule has 0 fully saturated rings. The minimum absolute atomic E-state index is 0.568. The summed E-state index contributed by atoms with van der Waals surface area (Å²) in [5.41, 5.74) is 1.22. The van der Waals surface area contributed by atoms with Gasteiger partial charge in [0.25, 0.3) is 0 Å². The van der Waals surface area contributed by atoms with Crippen molar-refractivity contribution in [2.45, 2.75) is 6.54 Å². The maximum absolute atomic E-state index is 4.47. The summed E-state index contributed by atoms with van der Waals surface area (Å²) in [6, 6.07) is 10.2. The molecule has 106 valence electrons. The Morgan fingerprint density at radius 2 is 1.60 bits per heavy atom. The first kappa shape index (κ1) is 14.0. The van der Waals surface area contributed by atoms with E-state index in [-0.39, 0.29) is 0 Å². The molecule has 1 heterocycles. The fraction of sp³-hybridized carbons (Fsp3) is 0.357. The van der Waals surface area contributed by atoms with E-state index < -0.39 is 0 Å². The van der Waals surface area contributed by atoms with Gasteiger partial charge in [-0.25, -0.2) is 0 Å². The predicted molar refractivity (Wildman–Crippen MR) is 82.2 cm³/mol. The van der Waals surface area contributed by atoms with Gasteiger partial charge in [0, 0.05) is 34.7 Å². The van der Waals surface area contributed by atoms with Crippen molar-refractivity contribution in [3.8, 4) is 0 Å². The molecule has 0 unspecified atom stereocenters. The van der Waals surface area contributed by atoms with Crippen LogP contribution in [0.5, 0.6) is 0 Å². The van der Waals surface area contributed by atoms with Crippen molar-refractivity contribution in [2.75, 3.05) is 43.3 Å². The molecule has 1 aromatic carbocycles. The molecule has 0 saturated carbocycles. The maximum Gasteiger partial charge on any atom is 0.232 e. The van der Waals surface area contributed by atoms with Crippen molar-refractivity contribution in [1.29, 1.82) is 0 Å². The van der Waals surface area contributed by atoms with Crippen molar-refractivity contribution in [2.24, 2.45) is 0 Å². The maximum atomic E-state index is 4.47. The van der Waals surface area contributed by atoms with Crippen LogP contribution in [0.4, 0.5) is 17.8 Å². The molecular formula is C14H20N6. The molecule has 0 atom stereocenters. The zero-order valence-electron chi connectivity index (χ0n) is 12.3. The van der Waals surface area contributed by atoms with E-state index in [0.717, 1.165) is 6.54 Å². The third-order valence-electron chi connectivity index (χ3n) is 2.84. The van der Waals surface area contributed by atoms with Crippen LogP contribution in [-0.4, -0.2) is 43.1 Å². The van der Waals surface area contributed by atoms with Crippen LogP contribution in [0.15, 0.2) is 30.3 Å². The van der Waals surface area contributed by atoms with E-state index in [1.54, 1.807) is 7.05 Å². The first-order chi connectivity index (χ1) is 9.60. The second kappa shape index (κ2) is 6.18. The van der Waals surface area contributed by atoms with Crippen molar-refractivity contribution in [3.05, 3.63) is 35.9 Å².